The summed E-state index contributed by atoms with van der Waals surface area (Å²) in [7, 11) is 3.05. The lowest BCUT2D eigenvalue weighted by molar-refractivity contribution is -0.140. The molecule has 7 nitrogen and oxygen atoms in total. The number of benzene rings is 2. The average Bonchev–Trinajstić information content (AvgIpc) is 3.07. The van der Waals surface area contributed by atoms with Crippen LogP contribution in [0.2, 0.25) is 0 Å². The summed E-state index contributed by atoms with van der Waals surface area (Å²) in [5, 5.41) is 11.4. The maximum absolute atomic E-state index is 13.2. The number of aryl methyl sites for hydroxylation is 2. The minimum absolute atomic E-state index is 0.0315. The molecule has 1 unspecified atom stereocenters. The highest BCUT2D eigenvalue weighted by atomic mass is 16.5. The summed E-state index contributed by atoms with van der Waals surface area (Å²) in [6, 6.07) is 10.2. The fourth-order valence-corrected chi connectivity index (χ4v) is 4.27. The summed E-state index contributed by atoms with van der Waals surface area (Å²) < 4.78 is 16.5. The number of Topliss-reactive ketones (excluding diaryl/α,β-unsaturated/α-hetero) is 1. The predicted molar refractivity (Wildman–Crippen MR) is 130 cm³/mol. The van der Waals surface area contributed by atoms with Crippen molar-refractivity contribution in [3.8, 4) is 11.5 Å². The molecule has 1 saturated heterocycles. The van der Waals surface area contributed by atoms with Crippen LogP contribution in [-0.2, 0) is 14.3 Å². The van der Waals surface area contributed by atoms with Gasteiger partial charge in [0.15, 0.2) is 0 Å². The first-order valence-electron chi connectivity index (χ1n) is 11.5. The van der Waals surface area contributed by atoms with Crippen molar-refractivity contribution in [1.29, 1.82) is 0 Å². The second-order valence-corrected chi connectivity index (χ2v) is 8.42. The first-order chi connectivity index (χ1) is 16.3. The number of aliphatic hydroxyl groups is 1. The number of carbonyl (C=O) groups is 2. The second-order valence-electron chi connectivity index (χ2n) is 8.42. The molecule has 1 fully saturated rings. The summed E-state index contributed by atoms with van der Waals surface area (Å²) in [5.41, 5.74) is 2.84. The molecule has 0 aromatic heterocycles. The summed E-state index contributed by atoms with van der Waals surface area (Å²) in [4.78, 5) is 27.6. The van der Waals surface area contributed by atoms with E-state index < -0.39 is 17.7 Å². The predicted octanol–water partition coefficient (Wildman–Crippen LogP) is 4.56. The fourth-order valence-electron chi connectivity index (χ4n) is 4.27. The Morgan fingerprint density at radius 1 is 1.06 bits per heavy atom. The van der Waals surface area contributed by atoms with Gasteiger partial charge in [0.1, 0.15) is 17.3 Å². The lowest BCUT2D eigenvalue weighted by Crippen LogP contribution is -2.32. The number of aliphatic hydroxyl groups excluding tert-OH is 1. The lowest BCUT2D eigenvalue weighted by atomic mass is 9.93. The zero-order valence-corrected chi connectivity index (χ0v) is 20.5. The molecule has 2 aromatic carbocycles. The second kappa shape index (κ2) is 11.2. The van der Waals surface area contributed by atoms with Crippen LogP contribution in [-0.4, -0.2) is 55.7 Å². The summed E-state index contributed by atoms with van der Waals surface area (Å²) >= 11 is 0. The average molecular weight is 468 g/mol. The maximum atomic E-state index is 13.2. The Balaban J connectivity index is 2.13. The number of ketones is 1. The molecule has 0 saturated carbocycles. The smallest absolute Gasteiger partial charge is 0.295 e. The highest BCUT2D eigenvalue weighted by Gasteiger charge is 2.46. The van der Waals surface area contributed by atoms with Gasteiger partial charge in [-0.1, -0.05) is 31.5 Å². The third-order valence-corrected chi connectivity index (χ3v) is 5.92. The van der Waals surface area contributed by atoms with Crippen molar-refractivity contribution in [2.75, 3.05) is 34.0 Å². The molecule has 1 atom stereocenters. The van der Waals surface area contributed by atoms with Gasteiger partial charge in [0.2, 0.25) is 0 Å². The number of rotatable bonds is 10. The number of unbranched alkanes of at least 4 members (excludes halogenated alkanes) is 1. The number of ether oxygens (including phenoxy) is 3. The summed E-state index contributed by atoms with van der Waals surface area (Å²) in [6.07, 6.45) is 1.99. The molecule has 1 heterocycles. The Kier molecular flexibility index (Phi) is 8.34. The number of carbonyl (C=O) groups excluding carboxylic acids is 2. The van der Waals surface area contributed by atoms with Crippen LogP contribution in [0.15, 0.2) is 42.0 Å². The Hall–Kier alpha value is -3.32. The third kappa shape index (κ3) is 5.09. The molecule has 0 bridgehead atoms. The highest BCUT2D eigenvalue weighted by Crippen LogP contribution is 2.42. The van der Waals surface area contributed by atoms with E-state index in [1.807, 2.05) is 44.2 Å². The molecule has 1 amide bonds. The Bertz CT molecular complexity index is 1070. The molecule has 34 heavy (non-hydrogen) atoms. The largest absolute Gasteiger partial charge is 0.507 e. The van der Waals surface area contributed by atoms with E-state index in [1.54, 1.807) is 6.07 Å². The molecule has 0 aliphatic carbocycles. The van der Waals surface area contributed by atoms with Crippen LogP contribution in [0.3, 0.4) is 0 Å². The molecular weight excluding hydrogens is 434 g/mol. The van der Waals surface area contributed by atoms with Crippen molar-refractivity contribution in [3.63, 3.8) is 0 Å². The molecule has 0 spiro atoms. The SMILES string of the molecule is CCCCOc1ccc(C2/C(=C(\O)c3cc(C)cc(C)c3OC)C(=O)C(=O)N2CCOC)cc1. The van der Waals surface area contributed by atoms with E-state index >= 15 is 0 Å². The molecule has 1 N–H and O–H groups in total. The van der Waals surface area contributed by atoms with Crippen LogP contribution in [0.4, 0.5) is 0 Å². The number of likely N-dealkylation sites (tertiary alicyclic amines) is 1. The van der Waals surface area contributed by atoms with Crippen LogP contribution in [0, 0.1) is 13.8 Å². The monoisotopic (exact) mass is 467 g/mol. The Morgan fingerprint density at radius 2 is 1.76 bits per heavy atom. The van der Waals surface area contributed by atoms with Crippen LogP contribution in [0.25, 0.3) is 5.76 Å². The van der Waals surface area contributed by atoms with E-state index in [0.29, 0.717) is 29.2 Å². The van der Waals surface area contributed by atoms with Crippen molar-refractivity contribution < 1.29 is 28.9 Å². The minimum Gasteiger partial charge on any atom is -0.507 e. The molecular formula is C27H33NO6. The van der Waals surface area contributed by atoms with Gasteiger partial charge in [-0.15, -0.1) is 0 Å². The first kappa shape index (κ1) is 25.3. The zero-order chi connectivity index (χ0) is 24.8. The van der Waals surface area contributed by atoms with Crippen LogP contribution in [0.1, 0.15) is 48.1 Å². The van der Waals surface area contributed by atoms with Crippen molar-refractivity contribution in [3.05, 3.63) is 64.2 Å². The van der Waals surface area contributed by atoms with Gasteiger partial charge in [0.05, 0.1) is 37.5 Å². The van der Waals surface area contributed by atoms with Crippen molar-refractivity contribution in [1.82, 2.24) is 4.90 Å². The lowest BCUT2D eigenvalue weighted by Gasteiger charge is -2.25. The molecule has 7 heteroatoms. The van der Waals surface area contributed by atoms with Crippen LogP contribution in [0.5, 0.6) is 11.5 Å². The fraction of sp³-hybridized carbons (Fsp3) is 0.407. The van der Waals surface area contributed by atoms with E-state index in [9.17, 15) is 14.7 Å². The van der Waals surface area contributed by atoms with Gasteiger partial charge in [-0.2, -0.15) is 0 Å². The quantitative estimate of drug-likeness (QED) is 0.239. The minimum atomic E-state index is -0.759. The van der Waals surface area contributed by atoms with E-state index in [2.05, 4.69) is 6.92 Å². The number of amides is 1. The number of hydrogen-bond acceptors (Lipinski definition) is 6. The molecule has 1 aliphatic heterocycles. The summed E-state index contributed by atoms with van der Waals surface area (Å²) in [6.45, 7) is 6.95. The maximum Gasteiger partial charge on any atom is 0.295 e. The third-order valence-electron chi connectivity index (χ3n) is 5.92. The first-order valence-corrected chi connectivity index (χ1v) is 11.5. The zero-order valence-electron chi connectivity index (χ0n) is 20.5. The van der Waals surface area contributed by atoms with Gasteiger partial charge < -0.3 is 24.2 Å². The Labute approximate surface area is 200 Å². The van der Waals surface area contributed by atoms with Gasteiger partial charge in [0.25, 0.3) is 11.7 Å². The topological polar surface area (TPSA) is 85.3 Å². The number of methoxy groups -OCH3 is 2. The van der Waals surface area contributed by atoms with Gasteiger partial charge >= 0.3 is 0 Å². The van der Waals surface area contributed by atoms with E-state index in [0.717, 1.165) is 24.0 Å². The Morgan fingerprint density at radius 3 is 2.38 bits per heavy atom. The van der Waals surface area contributed by atoms with Gasteiger partial charge in [0, 0.05) is 13.7 Å². The number of hydrogen-bond donors (Lipinski definition) is 1. The number of nitrogens with zero attached hydrogens (tertiary/aromatic N) is 1. The summed E-state index contributed by atoms with van der Waals surface area (Å²) in [5.74, 6) is -0.486. The van der Waals surface area contributed by atoms with Crippen molar-refractivity contribution in [2.24, 2.45) is 0 Å². The standard InChI is InChI=1S/C27H33NO6/c1-6-7-13-34-20-10-8-19(9-11-20)23-22(25(30)27(31)28(23)12-14-32-4)24(29)21-16-17(2)15-18(3)26(21)33-5/h8-11,15-16,23,29H,6-7,12-14H2,1-5H3/b24-22+. The normalized spacial score (nSPS) is 17.3. The molecule has 182 valence electrons. The molecule has 3 rings (SSSR count). The molecule has 0 radical (unpaired) electrons. The highest BCUT2D eigenvalue weighted by molar-refractivity contribution is 6.46. The van der Waals surface area contributed by atoms with Crippen molar-refractivity contribution >= 4 is 17.4 Å². The van der Waals surface area contributed by atoms with E-state index in [1.165, 1.54) is 19.1 Å². The van der Waals surface area contributed by atoms with E-state index in [-0.39, 0.29) is 24.5 Å². The van der Waals surface area contributed by atoms with Crippen LogP contribution >= 0.6 is 0 Å². The van der Waals surface area contributed by atoms with Gasteiger partial charge in [-0.05, 0) is 55.2 Å². The van der Waals surface area contributed by atoms with Crippen molar-refractivity contribution in [2.45, 2.75) is 39.7 Å². The van der Waals surface area contributed by atoms with Gasteiger partial charge in [-0.3, -0.25) is 9.59 Å². The van der Waals surface area contributed by atoms with E-state index in [4.69, 9.17) is 14.2 Å². The molecule has 1 aliphatic rings. The molecule has 2 aromatic rings. The van der Waals surface area contributed by atoms with Gasteiger partial charge in [-0.25, -0.2) is 0 Å². The van der Waals surface area contributed by atoms with Crippen LogP contribution < -0.4 is 9.47 Å².